The number of carbonyl (C=O) groups excluding carboxylic acids is 2. The minimum atomic E-state index is -5.02. The molecule has 0 saturated carbocycles. The third-order valence-corrected chi connectivity index (χ3v) is 3.70. The number of benzene rings is 2. The van der Waals surface area contributed by atoms with Crippen LogP contribution >= 0.6 is 11.6 Å². The molecule has 1 aliphatic rings. The Balaban J connectivity index is 2.05. The molecule has 0 aromatic heterocycles. The van der Waals surface area contributed by atoms with Gasteiger partial charge in [-0.05, 0) is 36.4 Å². The van der Waals surface area contributed by atoms with Gasteiger partial charge in [-0.25, -0.2) is 4.39 Å². The summed E-state index contributed by atoms with van der Waals surface area (Å²) in [5.41, 5.74) is -0.330. The van der Waals surface area contributed by atoms with Crippen LogP contribution in [0.5, 0.6) is 5.75 Å². The molecule has 136 valence electrons. The standard InChI is InChI=1S/C16H9ClF4N2O3/c17-8-1-4-13(26-16(19,20)21)10(5-8)15(25)23-7-14(24)22-11-6-9(18)2-3-12(11)23/h1-6H,7H2,(H,22,24). The summed E-state index contributed by atoms with van der Waals surface area (Å²) in [6.45, 7) is -0.463. The Morgan fingerprint density at radius 2 is 1.92 bits per heavy atom. The van der Waals surface area contributed by atoms with Crippen LogP contribution in [0.4, 0.5) is 28.9 Å². The van der Waals surface area contributed by atoms with Crippen LogP contribution in [0.2, 0.25) is 5.02 Å². The maximum absolute atomic E-state index is 13.4. The van der Waals surface area contributed by atoms with E-state index < -0.39 is 41.9 Å². The maximum atomic E-state index is 13.4. The number of hydrogen-bond acceptors (Lipinski definition) is 3. The molecule has 2 amide bonds. The Morgan fingerprint density at radius 3 is 2.62 bits per heavy atom. The minimum absolute atomic E-state index is 0.00339. The lowest BCUT2D eigenvalue weighted by Crippen LogP contribution is -2.42. The molecule has 10 heteroatoms. The average molecular weight is 389 g/mol. The van der Waals surface area contributed by atoms with Gasteiger partial charge in [-0.2, -0.15) is 0 Å². The van der Waals surface area contributed by atoms with Crippen LogP contribution in [0.3, 0.4) is 0 Å². The molecule has 0 radical (unpaired) electrons. The van der Waals surface area contributed by atoms with Crippen LogP contribution < -0.4 is 15.0 Å². The molecule has 0 spiro atoms. The number of amides is 2. The van der Waals surface area contributed by atoms with Crippen LogP contribution in [-0.4, -0.2) is 24.7 Å². The smallest absolute Gasteiger partial charge is 0.405 e. The summed E-state index contributed by atoms with van der Waals surface area (Å²) >= 11 is 5.78. The first-order valence-electron chi connectivity index (χ1n) is 7.10. The molecule has 0 saturated heterocycles. The molecule has 5 nitrogen and oxygen atoms in total. The van der Waals surface area contributed by atoms with Crippen LogP contribution in [-0.2, 0) is 4.79 Å². The first-order valence-corrected chi connectivity index (χ1v) is 7.48. The molecular formula is C16H9ClF4N2O3. The van der Waals surface area contributed by atoms with Crippen LogP contribution in [0.25, 0.3) is 0 Å². The number of fused-ring (bicyclic) bond motifs is 1. The number of halogens is 5. The number of rotatable bonds is 2. The number of carbonyl (C=O) groups is 2. The SMILES string of the molecule is O=C1CN(C(=O)c2cc(Cl)ccc2OC(F)(F)F)c2ccc(F)cc2N1. The normalized spacial score (nSPS) is 13.9. The molecule has 2 aromatic rings. The second-order valence-corrected chi connectivity index (χ2v) is 5.73. The van der Waals surface area contributed by atoms with E-state index in [9.17, 15) is 27.2 Å². The molecule has 0 atom stereocenters. The van der Waals surface area contributed by atoms with Gasteiger partial charge < -0.3 is 10.1 Å². The molecule has 2 aromatic carbocycles. The van der Waals surface area contributed by atoms with E-state index in [0.717, 1.165) is 35.2 Å². The Morgan fingerprint density at radius 1 is 1.19 bits per heavy atom. The monoisotopic (exact) mass is 388 g/mol. The van der Waals surface area contributed by atoms with Gasteiger partial charge in [-0.1, -0.05) is 11.6 Å². The first-order chi connectivity index (χ1) is 12.1. The fraction of sp³-hybridized carbons (Fsp3) is 0.125. The molecule has 1 N–H and O–H groups in total. The van der Waals surface area contributed by atoms with Gasteiger partial charge in [-0.15, -0.1) is 13.2 Å². The van der Waals surface area contributed by atoms with E-state index in [1.807, 2.05) is 0 Å². The fourth-order valence-corrected chi connectivity index (χ4v) is 2.64. The van der Waals surface area contributed by atoms with Gasteiger partial charge in [0.15, 0.2) is 0 Å². The molecule has 0 fully saturated rings. The van der Waals surface area contributed by atoms with Gasteiger partial charge in [0.2, 0.25) is 5.91 Å². The quantitative estimate of drug-likeness (QED) is 0.792. The van der Waals surface area contributed by atoms with Gasteiger partial charge in [0, 0.05) is 5.02 Å². The highest BCUT2D eigenvalue weighted by Crippen LogP contribution is 2.34. The van der Waals surface area contributed by atoms with Crippen molar-refractivity contribution in [2.75, 3.05) is 16.8 Å². The van der Waals surface area contributed by atoms with E-state index in [4.69, 9.17) is 11.6 Å². The van der Waals surface area contributed by atoms with Crippen LogP contribution in [0.1, 0.15) is 10.4 Å². The zero-order valence-corrected chi connectivity index (χ0v) is 13.5. The van der Waals surface area contributed by atoms with Crippen molar-refractivity contribution in [1.82, 2.24) is 0 Å². The summed E-state index contributed by atoms with van der Waals surface area (Å²) in [4.78, 5) is 25.5. The molecule has 0 unspecified atom stereocenters. The molecule has 1 heterocycles. The average Bonchev–Trinajstić information content (AvgIpc) is 2.53. The molecule has 26 heavy (non-hydrogen) atoms. The van der Waals surface area contributed by atoms with Crippen molar-refractivity contribution in [1.29, 1.82) is 0 Å². The highest BCUT2D eigenvalue weighted by molar-refractivity contribution is 6.31. The number of anilines is 2. The van der Waals surface area contributed by atoms with Gasteiger partial charge >= 0.3 is 6.36 Å². The van der Waals surface area contributed by atoms with Gasteiger partial charge in [-0.3, -0.25) is 14.5 Å². The summed E-state index contributed by atoms with van der Waals surface area (Å²) in [7, 11) is 0. The highest BCUT2D eigenvalue weighted by Gasteiger charge is 2.35. The molecule has 3 rings (SSSR count). The molecule has 1 aliphatic heterocycles. The van der Waals surface area contributed by atoms with Crippen molar-refractivity contribution in [2.24, 2.45) is 0 Å². The van der Waals surface area contributed by atoms with Crippen molar-refractivity contribution in [3.05, 3.63) is 52.8 Å². The fourth-order valence-electron chi connectivity index (χ4n) is 2.47. The number of ether oxygens (including phenoxy) is 1. The second-order valence-electron chi connectivity index (χ2n) is 5.29. The van der Waals surface area contributed by atoms with Crippen molar-refractivity contribution in [2.45, 2.75) is 6.36 Å². The number of nitrogens with zero attached hydrogens (tertiary/aromatic N) is 1. The van der Waals surface area contributed by atoms with E-state index in [1.54, 1.807) is 0 Å². The largest absolute Gasteiger partial charge is 0.573 e. The van der Waals surface area contributed by atoms with Gasteiger partial charge in [0.05, 0.1) is 16.9 Å². The Hall–Kier alpha value is -2.81. The summed E-state index contributed by atoms with van der Waals surface area (Å²) < 4.78 is 55.0. The number of hydrogen-bond donors (Lipinski definition) is 1. The van der Waals surface area contributed by atoms with E-state index in [0.29, 0.717) is 0 Å². The summed E-state index contributed by atoms with van der Waals surface area (Å²) in [6.07, 6.45) is -5.02. The van der Waals surface area contributed by atoms with Crippen LogP contribution in [0, 0.1) is 5.82 Å². The Bertz CT molecular complexity index is 902. The second kappa shape index (κ2) is 6.49. The summed E-state index contributed by atoms with van der Waals surface area (Å²) in [6, 6.07) is 6.32. The molecule has 0 aliphatic carbocycles. The third kappa shape index (κ3) is 3.72. The van der Waals surface area contributed by atoms with E-state index >= 15 is 0 Å². The Labute approximate surface area is 149 Å². The van der Waals surface area contributed by atoms with Gasteiger partial charge in [0.25, 0.3) is 5.91 Å². The van der Waals surface area contributed by atoms with Crippen molar-refractivity contribution in [3.8, 4) is 5.75 Å². The number of nitrogens with one attached hydrogen (secondary N) is 1. The first kappa shape index (κ1) is 18.0. The molecular weight excluding hydrogens is 380 g/mol. The topological polar surface area (TPSA) is 58.6 Å². The molecule has 0 bridgehead atoms. The zero-order chi connectivity index (χ0) is 19.1. The summed E-state index contributed by atoms with van der Waals surface area (Å²) in [5, 5.41) is 2.39. The van der Waals surface area contributed by atoms with E-state index in [1.165, 1.54) is 6.07 Å². The van der Waals surface area contributed by atoms with Crippen molar-refractivity contribution < 1.29 is 31.9 Å². The van der Waals surface area contributed by atoms with Gasteiger partial charge in [0.1, 0.15) is 18.1 Å². The van der Waals surface area contributed by atoms with Crippen LogP contribution in [0.15, 0.2) is 36.4 Å². The predicted molar refractivity (Wildman–Crippen MR) is 84.8 cm³/mol. The lowest BCUT2D eigenvalue weighted by atomic mass is 10.1. The third-order valence-electron chi connectivity index (χ3n) is 3.47. The highest BCUT2D eigenvalue weighted by atomic mass is 35.5. The zero-order valence-electron chi connectivity index (χ0n) is 12.7. The lowest BCUT2D eigenvalue weighted by Gasteiger charge is -2.29. The predicted octanol–water partition coefficient (Wildman–Crippen LogP) is 3.98. The minimum Gasteiger partial charge on any atom is -0.405 e. The van der Waals surface area contributed by atoms with Crippen molar-refractivity contribution in [3.63, 3.8) is 0 Å². The van der Waals surface area contributed by atoms with E-state index in [-0.39, 0.29) is 16.4 Å². The summed E-state index contributed by atoms with van der Waals surface area (Å²) in [5.74, 6) is -2.99. The maximum Gasteiger partial charge on any atom is 0.573 e. The number of alkyl halides is 3. The van der Waals surface area contributed by atoms with Crippen molar-refractivity contribution >= 4 is 34.8 Å². The Kier molecular flexibility index (Phi) is 4.49. The lowest BCUT2D eigenvalue weighted by molar-refractivity contribution is -0.274. The van der Waals surface area contributed by atoms with E-state index in [2.05, 4.69) is 10.1 Å².